The molecule has 84 valence electrons. The maximum absolute atomic E-state index is 5.96. The molecule has 0 bridgehead atoms. The highest BCUT2D eigenvalue weighted by molar-refractivity contribution is 6.30. The van der Waals surface area contributed by atoms with E-state index in [9.17, 15) is 0 Å². The lowest BCUT2D eigenvalue weighted by Crippen LogP contribution is -2.29. The molecule has 0 atom stereocenters. The molecule has 0 heterocycles. The van der Waals surface area contributed by atoms with Gasteiger partial charge in [-0.3, -0.25) is 0 Å². The number of benzene rings is 1. The minimum atomic E-state index is 0.615. The van der Waals surface area contributed by atoms with Gasteiger partial charge in [-0.15, -0.1) is 0 Å². The van der Waals surface area contributed by atoms with Crippen LogP contribution in [0.5, 0.6) is 5.75 Å². The highest BCUT2D eigenvalue weighted by Crippen LogP contribution is 2.30. The summed E-state index contributed by atoms with van der Waals surface area (Å²) in [5.41, 5.74) is 6.55. The standard InChI is InChI=1S/C11H17ClN2O/c1-3-14(7-6-13)10-8-9(12)4-5-11(10)15-2/h4-5,8H,3,6-7,13H2,1-2H3. The fourth-order valence-electron chi connectivity index (χ4n) is 1.52. The monoisotopic (exact) mass is 228 g/mol. The lowest BCUT2D eigenvalue weighted by atomic mass is 10.2. The zero-order valence-electron chi connectivity index (χ0n) is 9.16. The zero-order chi connectivity index (χ0) is 11.3. The molecule has 4 heteroatoms. The third kappa shape index (κ3) is 3.01. The van der Waals surface area contributed by atoms with Crippen molar-refractivity contribution in [1.29, 1.82) is 0 Å². The molecule has 15 heavy (non-hydrogen) atoms. The van der Waals surface area contributed by atoms with Crippen LogP contribution in [-0.4, -0.2) is 26.7 Å². The highest BCUT2D eigenvalue weighted by atomic mass is 35.5. The van der Waals surface area contributed by atoms with Gasteiger partial charge in [-0.1, -0.05) is 11.6 Å². The number of nitrogens with two attached hydrogens (primary N) is 1. The molecule has 1 aromatic carbocycles. The first kappa shape index (κ1) is 12.1. The van der Waals surface area contributed by atoms with Gasteiger partial charge in [-0.05, 0) is 25.1 Å². The highest BCUT2D eigenvalue weighted by Gasteiger charge is 2.10. The summed E-state index contributed by atoms with van der Waals surface area (Å²) < 4.78 is 5.29. The molecule has 0 amide bonds. The molecule has 0 saturated heterocycles. The van der Waals surface area contributed by atoms with Crippen LogP contribution < -0.4 is 15.4 Å². The van der Waals surface area contributed by atoms with E-state index in [0.29, 0.717) is 11.6 Å². The second-order valence-electron chi connectivity index (χ2n) is 3.18. The summed E-state index contributed by atoms with van der Waals surface area (Å²) >= 11 is 5.96. The van der Waals surface area contributed by atoms with E-state index in [4.69, 9.17) is 22.1 Å². The van der Waals surface area contributed by atoms with Crippen LogP contribution in [0.3, 0.4) is 0 Å². The molecular weight excluding hydrogens is 212 g/mol. The molecule has 1 rings (SSSR count). The van der Waals surface area contributed by atoms with Crippen LogP contribution in [-0.2, 0) is 0 Å². The Hall–Kier alpha value is -0.930. The third-order valence-electron chi connectivity index (χ3n) is 2.26. The van der Waals surface area contributed by atoms with Crippen molar-refractivity contribution in [3.8, 4) is 5.75 Å². The molecule has 0 spiro atoms. The van der Waals surface area contributed by atoms with Crippen LogP contribution in [0.25, 0.3) is 0 Å². The Kier molecular flexibility index (Phi) is 4.72. The van der Waals surface area contributed by atoms with Crippen molar-refractivity contribution in [2.24, 2.45) is 5.73 Å². The summed E-state index contributed by atoms with van der Waals surface area (Å²) in [4.78, 5) is 2.14. The fraction of sp³-hybridized carbons (Fsp3) is 0.455. The van der Waals surface area contributed by atoms with Gasteiger partial charge in [0.15, 0.2) is 0 Å². The summed E-state index contributed by atoms with van der Waals surface area (Å²) in [5.74, 6) is 0.828. The van der Waals surface area contributed by atoms with E-state index in [1.54, 1.807) is 7.11 Å². The second-order valence-corrected chi connectivity index (χ2v) is 3.62. The van der Waals surface area contributed by atoms with E-state index in [1.807, 2.05) is 18.2 Å². The van der Waals surface area contributed by atoms with Crippen LogP contribution in [0.4, 0.5) is 5.69 Å². The van der Waals surface area contributed by atoms with Gasteiger partial charge in [-0.25, -0.2) is 0 Å². The number of halogens is 1. The average Bonchev–Trinajstić information content (AvgIpc) is 2.26. The van der Waals surface area contributed by atoms with Crippen molar-refractivity contribution in [1.82, 2.24) is 0 Å². The molecule has 1 aromatic rings. The largest absolute Gasteiger partial charge is 0.495 e. The lowest BCUT2D eigenvalue weighted by molar-refractivity contribution is 0.414. The van der Waals surface area contributed by atoms with Gasteiger partial charge in [0, 0.05) is 24.7 Å². The van der Waals surface area contributed by atoms with Crippen LogP contribution in [0, 0.1) is 0 Å². The van der Waals surface area contributed by atoms with Crippen molar-refractivity contribution in [3.05, 3.63) is 23.2 Å². The molecule has 0 aliphatic rings. The number of anilines is 1. The average molecular weight is 229 g/mol. The maximum Gasteiger partial charge on any atom is 0.142 e. The topological polar surface area (TPSA) is 38.5 Å². The molecular formula is C11H17ClN2O. The van der Waals surface area contributed by atoms with Gasteiger partial charge < -0.3 is 15.4 Å². The maximum atomic E-state index is 5.96. The lowest BCUT2D eigenvalue weighted by Gasteiger charge is -2.24. The van der Waals surface area contributed by atoms with E-state index in [1.165, 1.54) is 0 Å². The first-order chi connectivity index (χ1) is 7.22. The summed E-state index contributed by atoms with van der Waals surface area (Å²) in [6.45, 7) is 4.38. The molecule has 0 unspecified atom stereocenters. The van der Waals surface area contributed by atoms with E-state index < -0.39 is 0 Å². The van der Waals surface area contributed by atoms with Gasteiger partial charge in [0.25, 0.3) is 0 Å². The number of rotatable bonds is 5. The van der Waals surface area contributed by atoms with E-state index >= 15 is 0 Å². The molecule has 3 nitrogen and oxygen atoms in total. The van der Waals surface area contributed by atoms with Gasteiger partial charge in [-0.2, -0.15) is 0 Å². The first-order valence-corrected chi connectivity index (χ1v) is 5.39. The molecule has 0 saturated carbocycles. The SMILES string of the molecule is CCN(CCN)c1cc(Cl)ccc1OC. The van der Waals surface area contributed by atoms with Crippen molar-refractivity contribution < 1.29 is 4.74 Å². The second kappa shape index (κ2) is 5.83. The van der Waals surface area contributed by atoms with Crippen LogP contribution in [0.15, 0.2) is 18.2 Å². The first-order valence-electron chi connectivity index (χ1n) is 5.01. The van der Waals surface area contributed by atoms with Gasteiger partial charge in [0.05, 0.1) is 12.8 Å². The third-order valence-corrected chi connectivity index (χ3v) is 2.50. The van der Waals surface area contributed by atoms with E-state index in [0.717, 1.165) is 24.5 Å². The van der Waals surface area contributed by atoms with Crippen molar-refractivity contribution >= 4 is 17.3 Å². The van der Waals surface area contributed by atoms with Gasteiger partial charge in [0.2, 0.25) is 0 Å². The molecule has 0 radical (unpaired) electrons. The summed E-state index contributed by atoms with van der Waals surface area (Å²) in [6, 6.07) is 5.59. The van der Waals surface area contributed by atoms with Crippen molar-refractivity contribution in [2.75, 3.05) is 31.6 Å². The quantitative estimate of drug-likeness (QED) is 0.839. The number of likely N-dealkylation sites (N-methyl/N-ethyl adjacent to an activating group) is 1. The smallest absolute Gasteiger partial charge is 0.142 e. The molecule has 0 fully saturated rings. The van der Waals surface area contributed by atoms with Crippen LogP contribution >= 0.6 is 11.6 Å². The number of ether oxygens (including phenoxy) is 1. The summed E-state index contributed by atoms with van der Waals surface area (Å²) in [6.07, 6.45) is 0. The number of methoxy groups -OCH3 is 1. The normalized spacial score (nSPS) is 10.1. The Balaban J connectivity index is 3.02. The zero-order valence-corrected chi connectivity index (χ0v) is 9.92. The van der Waals surface area contributed by atoms with Crippen LogP contribution in [0.2, 0.25) is 5.02 Å². The summed E-state index contributed by atoms with van der Waals surface area (Å²) in [7, 11) is 1.66. The number of nitrogens with zero attached hydrogens (tertiary/aromatic N) is 1. The van der Waals surface area contributed by atoms with E-state index in [-0.39, 0.29) is 0 Å². The fourth-order valence-corrected chi connectivity index (χ4v) is 1.68. The molecule has 0 aliphatic carbocycles. The van der Waals surface area contributed by atoms with Crippen LogP contribution in [0.1, 0.15) is 6.92 Å². The number of hydrogen-bond donors (Lipinski definition) is 1. The minimum Gasteiger partial charge on any atom is -0.495 e. The minimum absolute atomic E-state index is 0.615. The van der Waals surface area contributed by atoms with Crippen molar-refractivity contribution in [3.63, 3.8) is 0 Å². The van der Waals surface area contributed by atoms with E-state index in [2.05, 4.69) is 11.8 Å². The predicted molar refractivity (Wildman–Crippen MR) is 64.9 cm³/mol. The summed E-state index contributed by atoms with van der Waals surface area (Å²) in [5, 5.41) is 0.710. The molecule has 0 aromatic heterocycles. The van der Waals surface area contributed by atoms with Gasteiger partial charge in [0.1, 0.15) is 5.75 Å². The molecule has 2 N–H and O–H groups in total. The Labute approximate surface area is 95.8 Å². The number of hydrogen-bond acceptors (Lipinski definition) is 3. The van der Waals surface area contributed by atoms with Gasteiger partial charge >= 0.3 is 0 Å². The predicted octanol–water partition coefficient (Wildman–Crippen LogP) is 2.13. The molecule has 0 aliphatic heterocycles. The Morgan fingerprint density at radius 1 is 1.47 bits per heavy atom. The Morgan fingerprint density at radius 3 is 2.73 bits per heavy atom. The Bertz CT molecular complexity index is 317. The Morgan fingerprint density at radius 2 is 2.20 bits per heavy atom. The van der Waals surface area contributed by atoms with Crippen molar-refractivity contribution in [2.45, 2.75) is 6.92 Å².